The normalized spacial score (nSPS) is 10.2. The average Bonchev–Trinajstić information content (AvgIpc) is 2.55. The molecule has 4 aromatic rings. The van der Waals surface area contributed by atoms with E-state index >= 15 is 0 Å². The molecule has 2 N–H and O–H groups in total. The number of rotatable bonds is 0. The summed E-state index contributed by atoms with van der Waals surface area (Å²) in [4.78, 5) is 0. The van der Waals surface area contributed by atoms with Crippen molar-refractivity contribution in [2.24, 2.45) is 0 Å². The molecule has 108 valence electrons. The number of hydrogen-bond acceptors (Lipinski definition) is 1. The summed E-state index contributed by atoms with van der Waals surface area (Å²) >= 11 is 3.43. The molecule has 0 saturated heterocycles. The van der Waals surface area contributed by atoms with Crippen molar-refractivity contribution < 1.29 is 0 Å². The van der Waals surface area contributed by atoms with Gasteiger partial charge in [0.15, 0.2) is 0 Å². The number of nitrogens with two attached hydrogens (primary N) is 1. The molecule has 22 heavy (non-hydrogen) atoms. The molecule has 0 saturated carbocycles. The second-order valence-corrected chi connectivity index (χ2v) is 6.01. The molecule has 0 unspecified atom stereocenters. The van der Waals surface area contributed by atoms with Crippen LogP contribution in [0.2, 0.25) is 0 Å². The fraction of sp³-hybridized carbons (Fsp3) is 0. The number of hydrogen-bond donors (Lipinski definition) is 1. The fourth-order valence-corrected chi connectivity index (χ4v) is 2.75. The molecule has 0 bridgehead atoms. The average molecular weight is 350 g/mol. The highest BCUT2D eigenvalue weighted by Gasteiger charge is 1.91. The number of halogens is 1. The summed E-state index contributed by atoms with van der Waals surface area (Å²) in [5.41, 5.74) is 6.45. The number of fused-ring (bicyclic) bond motifs is 2. The Bertz CT molecular complexity index is 838. The van der Waals surface area contributed by atoms with Crippen LogP contribution in [-0.2, 0) is 0 Å². The maximum atomic E-state index is 5.62. The Kier molecular flexibility index (Phi) is 4.40. The summed E-state index contributed by atoms with van der Waals surface area (Å²) in [6, 6.07) is 28.7. The lowest BCUT2D eigenvalue weighted by atomic mass is 10.1. The molecule has 2 heteroatoms. The van der Waals surface area contributed by atoms with Crippen molar-refractivity contribution in [2.45, 2.75) is 0 Å². The van der Waals surface area contributed by atoms with E-state index in [1.54, 1.807) is 0 Å². The van der Waals surface area contributed by atoms with Crippen LogP contribution in [0.3, 0.4) is 0 Å². The minimum absolute atomic E-state index is 0.823. The first kappa shape index (κ1) is 14.6. The molecular formula is C20H16BrN. The van der Waals surface area contributed by atoms with E-state index in [-0.39, 0.29) is 0 Å². The molecule has 1 nitrogen and oxygen atoms in total. The van der Waals surface area contributed by atoms with E-state index in [9.17, 15) is 0 Å². The number of anilines is 1. The Morgan fingerprint density at radius 3 is 1.68 bits per heavy atom. The highest BCUT2D eigenvalue weighted by Crippen LogP contribution is 2.18. The highest BCUT2D eigenvalue weighted by atomic mass is 79.9. The van der Waals surface area contributed by atoms with Crippen molar-refractivity contribution in [3.8, 4) is 0 Å². The van der Waals surface area contributed by atoms with Gasteiger partial charge in [-0.05, 0) is 45.8 Å². The Balaban J connectivity index is 0.000000131. The van der Waals surface area contributed by atoms with Crippen LogP contribution in [0, 0.1) is 0 Å². The Hall–Kier alpha value is -2.32. The van der Waals surface area contributed by atoms with Crippen molar-refractivity contribution in [3.63, 3.8) is 0 Å². The monoisotopic (exact) mass is 349 g/mol. The molecule has 4 rings (SSSR count). The standard InChI is InChI=1S/C10H7Br.C10H9N/c2*11-10-6-5-8-3-1-2-4-9(8)7-10/h1-7H;1-7H,11H2. The van der Waals surface area contributed by atoms with E-state index < -0.39 is 0 Å². The van der Waals surface area contributed by atoms with E-state index in [1.807, 2.05) is 30.3 Å². The quantitative estimate of drug-likeness (QED) is 0.385. The summed E-state index contributed by atoms with van der Waals surface area (Å²) in [6.45, 7) is 0. The van der Waals surface area contributed by atoms with Crippen molar-refractivity contribution >= 4 is 43.2 Å². The minimum Gasteiger partial charge on any atom is -0.399 e. The van der Waals surface area contributed by atoms with E-state index in [0.29, 0.717) is 0 Å². The molecule has 0 spiro atoms. The van der Waals surface area contributed by atoms with Gasteiger partial charge in [-0.15, -0.1) is 0 Å². The Morgan fingerprint density at radius 1 is 0.545 bits per heavy atom. The third kappa shape index (κ3) is 3.46. The number of benzene rings is 4. The lowest BCUT2D eigenvalue weighted by molar-refractivity contribution is 1.70. The lowest BCUT2D eigenvalue weighted by Crippen LogP contribution is -1.82. The van der Waals surface area contributed by atoms with Gasteiger partial charge >= 0.3 is 0 Å². The van der Waals surface area contributed by atoms with Crippen LogP contribution in [0.5, 0.6) is 0 Å². The topological polar surface area (TPSA) is 26.0 Å². The zero-order valence-corrected chi connectivity index (χ0v) is 13.6. The molecule has 0 aromatic heterocycles. The first-order valence-corrected chi connectivity index (χ1v) is 7.90. The van der Waals surface area contributed by atoms with E-state index in [1.165, 1.54) is 21.5 Å². The maximum Gasteiger partial charge on any atom is 0.0320 e. The van der Waals surface area contributed by atoms with Crippen LogP contribution in [0.25, 0.3) is 21.5 Å². The van der Waals surface area contributed by atoms with Crippen molar-refractivity contribution in [1.82, 2.24) is 0 Å². The van der Waals surface area contributed by atoms with E-state index in [2.05, 4.69) is 70.5 Å². The molecule has 0 aliphatic rings. The van der Waals surface area contributed by atoms with Crippen molar-refractivity contribution in [3.05, 3.63) is 89.4 Å². The second-order valence-electron chi connectivity index (χ2n) is 5.10. The van der Waals surface area contributed by atoms with Gasteiger partial charge in [-0.2, -0.15) is 0 Å². The molecular weight excluding hydrogens is 334 g/mol. The molecule has 0 aliphatic carbocycles. The van der Waals surface area contributed by atoms with Crippen LogP contribution in [-0.4, -0.2) is 0 Å². The fourth-order valence-electron chi connectivity index (χ4n) is 2.37. The largest absolute Gasteiger partial charge is 0.399 e. The molecule has 0 aliphatic heterocycles. The van der Waals surface area contributed by atoms with Gasteiger partial charge in [0, 0.05) is 10.2 Å². The first-order valence-electron chi connectivity index (χ1n) is 7.11. The molecule has 0 radical (unpaired) electrons. The minimum atomic E-state index is 0.823. The van der Waals surface area contributed by atoms with Crippen molar-refractivity contribution in [1.29, 1.82) is 0 Å². The van der Waals surface area contributed by atoms with Crippen LogP contribution in [0.1, 0.15) is 0 Å². The molecule has 0 amide bonds. The summed E-state index contributed by atoms with van der Waals surface area (Å²) in [7, 11) is 0. The predicted octanol–water partition coefficient (Wildman–Crippen LogP) is 6.02. The lowest BCUT2D eigenvalue weighted by Gasteiger charge is -1.96. The van der Waals surface area contributed by atoms with Gasteiger partial charge in [0.25, 0.3) is 0 Å². The van der Waals surface area contributed by atoms with Gasteiger partial charge in [-0.3, -0.25) is 0 Å². The Morgan fingerprint density at radius 2 is 1.05 bits per heavy atom. The summed E-state index contributed by atoms with van der Waals surface area (Å²) in [6.07, 6.45) is 0. The zero-order valence-electron chi connectivity index (χ0n) is 12.0. The van der Waals surface area contributed by atoms with Gasteiger partial charge in [0.05, 0.1) is 0 Å². The molecule has 4 aromatic carbocycles. The maximum absolute atomic E-state index is 5.62. The number of nitrogen functional groups attached to an aromatic ring is 1. The first-order chi connectivity index (χ1) is 10.7. The third-order valence-electron chi connectivity index (χ3n) is 3.49. The van der Waals surface area contributed by atoms with Gasteiger partial charge < -0.3 is 5.73 Å². The second kappa shape index (κ2) is 6.63. The molecule has 0 atom stereocenters. The molecule has 0 heterocycles. The highest BCUT2D eigenvalue weighted by molar-refractivity contribution is 9.10. The summed E-state index contributed by atoms with van der Waals surface area (Å²) in [5, 5.41) is 5.01. The van der Waals surface area contributed by atoms with Gasteiger partial charge in [-0.25, -0.2) is 0 Å². The van der Waals surface area contributed by atoms with E-state index in [0.717, 1.165) is 10.2 Å². The SMILES string of the molecule is Brc1ccc2ccccc2c1.Nc1ccc2ccccc2c1. The Labute approximate surface area is 138 Å². The third-order valence-corrected chi connectivity index (χ3v) is 3.98. The summed E-state index contributed by atoms with van der Waals surface area (Å²) < 4.78 is 1.14. The van der Waals surface area contributed by atoms with Crippen molar-refractivity contribution in [2.75, 3.05) is 5.73 Å². The van der Waals surface area contributed by atoms with Crippen LogP contribution < -0.4 is 5.73 Å². The summed E-state index contributed by atoms with van der Waals surface area (Å²) in [5.74, 6) is 0. The van der Waals surface area contributed by atoms with Gasteiger partial charge in [0.2, 0.25) is 0 Å². The zero-order chi connectivity index (χ0) is 15.4. The van der Waals surface area contributed by atoms with Crippen LogP contribution in [0.4, 0.5) is 5.69 Å². The molecule has 0 fully saturated rings. The van der Waals surface area contributed by atoms with Gasteiger partial charge in [0.1, 0.15) is 0 Å². The smallest absolute Gasteiger partial charge is 0.0320 e. The van der Waals surface area contributed by atoms with Crippen LogP contribution in [0.15, 0.2) is 89.4 Å². The predicted molar refractivity (Wildman–Crippen MR) is 100 cm³/mol. The van der Waals surface area contributed by atoms with E-state index in [4.69, 9.17) is 5.73 Å². The van der Waals surface area contributed by atoms with Crippen LogP contribution >= 0.6 is 15.9 Å². The van der Waals surface area contributed by atoms with Gasteiger partial charge in [-0.1, -0.05) is 76.6 Å².